The highest BCUT2D eigenvalue weighted by atomic mass is 16.3. The van der Waals surface area contributed by atoms with Gasteiger partial charge in [0, 0.05) is 0 Å². The second-order valence-corrected chi connectivity index (χ2v) is 1.03. The fraction of sp³-hybridized carbons (Fsp3) is 1.00. The number of rotatable bonds is 1. The van der Waals surface area contributed by atoms with Crippen LogP contribution in [0.2, 0.25) is 0 Å². The molecule has 0 radical (unpaired) electrons. The van der Waals surface area contributed by atoms with Gasteiger partial charge in [0.15, 0.2) is 0 Å². The van der Waals surface area contributed by atoms with Crippen molar-refractivity contribution in [3.05, 3.63) is 0 Å². The van der Waals surface area contributed by atoms with Crippen molar-refractivity contribution in [2.75, 3.05) is 6.61 Å². The van der Waals surface area contributed by atoms with Crippen LogP contribution in [0.3, 0.4) is 0 Å². The van der Waals surface area contributed by atoms with E-state index in [0.717, 1.165) is 0 Å². The summed E-state index contributed by atoms with van der Waals surface area (Å²) in [5, 5.41) is 16.0. The molecule has 0 aliphatic carbocycles. The van der Waals surface area contributed by atoms with Crippen molar-refractivity contribution in [2.45, 2.75) is 13.0 Å². The van der Waals surface area contributed by atoms with Crippen molar-refractivity contribution >= 4 is 0 Å². The lowest BCUT2D eigenvalue weighted by molar-refractivity contribution is 0.110. The third-order valence-electron chi connectivity index (χ3n) is 0.264. The Bertz CT molecular complexity index is 21.6. The van der Waals surface area contributed by atoms with E-state index in [4.69, 9.17) is 10.2 Å². The van der Waals surface area contributed by atoms with Crippen molar-refractivity contribution in [1.29, 1.82) is 0 Å². The molecule has 0 rings (SSSR count). The van der Waals surface area contributed by atoms with Crippen molar-refractivity contribution in [2.24, 2.45) is 0 Å². The van der Waals surface area contributed by atoms with Crippen LogP contribution < -0.4 is 0 Å². The quantitative estimate of drug-likeness (QED) is 0.388. The molecule has 0 saturated heterocycles. The minimum Gasteiger partial charge on any atom is -0.412 e. The van der Waals surface area contributed by atoms with Crippen LogP contribution in [0.15, 0.2) is 0 Å². The Labute approximate surface area is 47.5 Å². The Balaban J connectivity index is -0.0000000267. The summed E-state index contributed by atoms with van der Waals surface area (Å²) >= 11 is 0. The zero-order valence-corrected chi connectivity index (χ0v) is 4.68. The maximum atomic E-state index is 8.11. The molecule has 0 amide bonds. The van der Waals surface area contributed by atoms with Gasteiger partial charge < -0.3 is 26.6 Å². The molecular formula is C3H14O5. The average Bonchev–Trinajstić information content (AvgIpc) is 1.38. The van der Waals surface area contributed by atoms with Gasteiger partial charge in [0.1, 0.15) is 0 Å². The minimum atomic E-state index is -0.560. The van der Waals surface area contributed by atoms with Crippen LogP contribution in [0.4, 0.5) is 0 Å². The van der Waals surface area contributed by atoms with Crippen molar-refractivity contribution in [3.8, 4) is 0 Å². The van der Waals surface area contributed by atoms with Crippen molar-refractivity contribution < 1.29 is 26.6 Å². The molecule has 8 N–H and O–H groups in total. The highest BCUT2D eigenvalue weighted by Crippen LogP contribution is 1.68. The highest BCUT2D eigenvalue weighted by molar-refractivity contribution is 4.33. The maximum absolute atomic E-state index is 8.11. The SMILES string of the molecule is CC(O)CO.O.O.O. The lowest BCUT2D eigenvalue weighted by atomic mass is 10.5. The summed E-state index contributed by atoms with van der Waals surface area (Å²) in [6.45, 7) is 1.39. The zero-order chi connectivity index (χ0) is 4.28. The molecule has 0 saturated carbocycles. The third-order valence-corrected chi connectivity index (χ3v) is 0.264. The molecule has 5 heteroatoms. The molecule has 1 unspecified atom stereocenters. The first kappa shape index (κ1) is 25.0. The van der Waals surface area contributed by atoms with E-state index in [1.165, 1.54) is 6.92 Å². The van der Waals surface area contributed by atoms with E-state index in [1.54, 1.807) is 0 Å². The Kier molecular flexibility index (Phi) is 49.5. The Hall–Kier alpha value is -0.200. The van der Waals surface area contributed by atoms with Gasteiger partial charge in [0.25, 0.3) is 0 Å². The predicted molar refractivity (Wildman–Crippen MR) is 29.6 cm³/mol. The summed E-state index contributed by atoms with van der Waals surface area (Å²) in [6, 6.07) is 0. The van der Waals surface area contributed by atoms with E-state index in [2.05, 4.69) is 0 Å². The van der Waals surface area contributed by atoms with Crippen LogP contribution in [0.1, 0.15) is 6.92 Å². The second kappa shape index (κ2) is 15.8. The Morgan fingerprint density at radius 3 is 1.38 bits per heavy atom. The van der Waals surface area contributed by atoms with Gasteiger partial charge in [0.05, 0.1) is 12.7 Å². The van der Waals surface area contributed by atoms with Gasteiger partial charge in [-0.05, 0) is 6.92 Å². The van der Waals surface area contributed by atoms with E-state index in [1.807, 2.05) is 0 Å². The molecule has 5 nitrogen and oxygen atoms in total. The first-order valence-corrected chi connectivity index (χ1v) is 1.56. The van der Waals surface area contributed by atoms with Gasteiger partial charge in [-0.2, -0.15) is 0 Å². The van der Waals surface area contributed by atoms with Crippen LogP contribution in [0.25, 0.3) is 0 Å². The van der Waals surface area contributed by atoms with E-state index in [-0.39, 0.29) is 23.0 Å². The van der Waals surface area contributed by atoms with Crippen LogP contribution in [-0.4, -0.2) is 39.4 Å². The van der Waals surface area contributed by atoms with E-state index in [0.29, 0.717) is 0 Å². The van der Waals surface area contributed by atoms with Gasteiger partial charge in [-0.3, -0.25) is 0 Å². The molecule has 0 fully saturated rings. The number of aliphatic hydroxyl groups excluding tert-OH is 2. The molecule has 0 aliphatic heterocycles. The standard InChI is InChI=1S/C3H8O2.3H2O/c1-3(5)2-4;;;/h3-5H,2H2,1H3;3*1H2. The average molecular weight is 130 g/mol. The van der Waals surface area contributed by atoms with Gasteiger partial charge in [0.2, 0.25) is 0 Å². The predicted octanol–water partition coefficient (Wildman–Crippen LogP) is -3.11. The smallest absolute Gasteiger partial charge is 0.0742 e. The highest BCUT2D eigenvalue weighted by Gasteiger charge is 1.83. The maximum Gasteiger partial charge on any atom is 0.0742 e. The van der Waals surface area contributed by atoms with Gasteiger partial charge in [-0.25, -0.2) is 0 Å². The summed E-state index contributed by atoms with van der Waals surface area (Å²) in [4.78, 5) is 0. The van der Waals surface area contributed by atoms with Gasteiger partial charge >= 0.3 is 0 Å². The summed E-state index contributed by atoms with van der Waals surface area (Å²) in [5.74, 6) is 0. The van der Waals surface area contributed by atoms with E-state index < -0.39 is 6.10 Å². The fourth-order valence-electron chi connectivity index (χ4n) is 0. The Morgan fingerprint density at radius 2 is 1.38 bits per heavy atom. The molecule has 0 spiro atoms. The van der Waals surface area contributed by atoms with Crippen LogP contribution in [0.5, 0.6) is 0 Å². The Morgan fingerprint density at radius 1 is 1.25 bits per heavy atom. The number of hydrogen-bond donors (Lipinski definition) is 2. The summed E-state index contributed by atoms with van der Waals surface area (Å²) in [5.41, 5.74) is 0. The molecule has 8 heavy (non-hydrogen) atoms. The fourth-order valence-corrected chi connectivity index (χ4v) is 0. The van der Waals surface area contributed by atoms with Crippen LogP contribution >= 0.6 is 0 Å². The molecular weight excluding hydrogens is 116 g/mol. The molecule has 0 heterocycles. The largest absolute Gasteiger partial charge is 0.412 e. The van der Waals surface area contributed by atoms with Crippen LogP contribution in [-0.2, 0) is 0 Å². The minimum absolute atomic E-state index is 0. The molecule has 0 aromatic rings. The summed E-state index contributed by atoms with van der Waals surface area (Å²) < 4.78 is 0. The first-order chi connectivity index (χ1) is 2.27. The number of hydrogen-bond acceptors (Lipinski definition) is 2. The van der Waals surface area contributed by atoms with Crippen molar-refractivity contribution in [3.63, 3.8) is 0 Å². The lowest BCUT2D eigenvalue weighted by Gasteiger charge is -1.90. The van der Waals surface area contributed by atoms with E-state index in [9.17, 15) is 0 Å². The summed E-state index contributed by atoms with van der Waals surface area (Å²) in [6.07, 6.45) is -0.560. The van der Waals surface area contributed by atoms with Crippen molar-refractivity contribution in [1.82, 2.24) is 0 Å². The summed E-state index contributed by atoms with van der Waals surface area (Å²) in [7, 11) is 0. The van der Waals surface area contributed by atoms with Gasteiger partial charge in [-0.1, -0.05) is 0 Å². The zero-order valence-electron chi connectivity index (χ0n) is 4.68. The molecule has 0 aromatic heterocycles. The van der Waals surface area contributed by atoms with E-state index >= 15 is 0 Å². The lowest BCUT2D eigenvalue weighted by Crippen LogP contribution is -2.03. The van der Waals surface area contributed by atoms with Gasteiger partial charge in [-0.15, -0.1) is 0 Å². The normalized spacial score (nSPS) is 9.38. The third kappa shape index (κ3) is 41.2. The monoisotopic (exact) mass is 130 g/mol. The first-order valence-electron chi connectivity index (χ1n) is 1.56. The second-order valence-electron chi connectivity index (χ2n) is 1.03. The van der Waals surface area contributed by atoms with Crippen LogP contribution in [0, 0.1) is 0 Å². The molecule has 56 valence electrons. The molecule has 0 aromatic carbocycles. The topological polar surface area (TPSA) is 135 Å². The number of aliphatic hydroxyl groups is 2. The molecule has 1 atom stereocenters. The molecule has 0 bridgehead atoms. The molecule has 0 aliphatic rings.